The van der Waals surface area contributed by atoms with Crippen LogP contribution in [0.3, 0.4) is 0 Å². The van der Waals surface area contributed by atoms with E-state index < -0.39 is 0 Å². The number of hydrogen-bond acceptors (Lipinski definition) is 3. The first-order chi connectivity index (χ1) is 8.72. The third kappa shape index (κ3) is 2.53. The molecule has 2 aromatic carbocycles. The van der Waals surface area contributed by atoms with Crippen molar-refractivity contribution in [3.8, 4) is 0 Å². The van der Waals surface area contributed by atoms with Crippen molar-refractivity contribution >= 4 is 70.9 Å². The number of anilines is 2. The SMILES string of the molecule is Brc1ccc(I)cc1Nc1nc2ccccc2s1. The summed E-state index contributed by atoms with van der Waals surface area (Å²) < 4.78 is 3.43. The minimum atomic E-state index is 0.916. The summed E-state index contributed by atoms with van der Waals surface area (Å²) in [6.45, 7) is 0. The van der Waals surface area contributed by atoms with Crippen molar-refractivity contribution < 1.29 is 0 Å². The lowest BCUT2D eigenvalue weighted by Crippen LogP contribution is -1.90. The fraction of sp³-hybridized carbons (Fsp3) is 0. The number of fused-ring (bicyclic) bond motifs is 1. The Labute approximate surface area is 131 Å². The zero-order valence-electron chi connectivity index (χ0n) is 9.15. The molecule has 0 saturated carbocycles. The lowest BCUT2D eigenvalue weighted by Gasteiger charge is -2.05. The second kappa shape index (κ2) is 5.14. The normalized spacial score (nSPS) is 10.8. The Morgan fingerprint density at radius 2 is 2.00 bits per heavy atom. The monoisotopic (exact) mass is 430 g/mol. The second-order valence-corrected chi connectivity index (χ2v) is 6.87. The van der Waals surface area contributed by atoms with E-state index in [2.05, 4.69) is 67.0 Å². The quantitative estimate of drug-likeness (QED) is 0.550. The van der Waals surface area contributed by atoms with Crippen molar-refractivity contribution in [2.45, 2.75) is 0 Å². The van der Waals surface area contributed by atoms with Crippen LogP contribution in [0.1, 0.15) is 0 Å². The molecule has 0 spiro atoms. The number of benzene rings is 2. The summed E-state index contributed by atoms with van der Waals surface area (Å²) in [6.07, 6.45) is 0. The molecular formula is C13H8BrIN2S. The van der Waals surface area contributed by atoms with Crippen LogP contribution in [0.5, 0.6) is 0 Å². The zero-order valence-corrected chi connectivity index (χ0v) is 13.7. The minimum absolute atomic E-state index is 0.916. The van der Waals surface area contributed by atoms with E-state index in [-0.39, 0.29) is 0 Å². The van der Waals surface area contributed by atoms with E-state index >= 15 is 0 Å². The Balaban J connectivity index is 1.98. The molecule has 3 rings (SSSR count). The molecule has 0 saturated heterocycles. The number of hydrogen-bond donors (Lipinski definition) is 1. The summed E-state index contributed by atoms with van der Waals surface area (Å²) in [7, 11) is 0. The summed E-state index contributed by atoms with van der Waals surface area (Å²) in [6, 6.07) is 14.4. The molecule has 1 aromatic heterocycles. The molecule has 2 nitrogen and oxygen atoms in total. The molecule has 0 aliphatic carbocycles. The molecule has 0 radical (unpaired) electrons. The first-order valence-electron chi connectivity index (χ1n) is 5.30. The Morgan fingerprint density at radius 3 is 2.83 bits per heavy atom. The van der Waals surface area contributed by atoms with E-state index in [1.165, 1.54) is 8.27 Å². The number of thiazole rings is 1. The number of para-hydroxylation sites is 1. The van der Waals surface area contributed by atoms with E-state index in [9.17, 15) is 0 Å². The first kappa shape index (κ1) is 12.4. The fourth-order valence-corrected chi connectivity index (χ4v) is 3.35. The Kier molecular flexibility index (Phi) is 3.54. The molecule has 0 aliphatic heterocycles. The van der Waals surface area contributed by atoms with Gasteiger partial charge in [-0.1, -0.05) is 23.5 Å². The van der Waals surface area contributed by atoms with E-state index in [1.54, 1.807) is 11.3 Å². The van der Waals surface area contributed by atoms with Crippen LogP contribution in [0.15, 0.2) is 46.9 Å². The number of nitrogens with zero attached hydrogens (tertiary/aromatic N) is 1. The van der Waals surface area contributed by atoms with Crippen LogP contribution in [0.2, 0.25) is 0 Å². The molecule has 1 heterocycles. The summed E-state index contributed by atoms with van der Waals surface area (Å²) >= 11 is 7.51. The number of halogens is 2. The molecule has 0 aliphatic rings. The molecule has 0 fully saturated rings. The number of rotatable bonds is 2. The third-order valence-corrected chi connectivity index (χ3v) is 4.78. The molecule has 3 aromatic rings. The third-order valence-electron chi connectivity index (χ3n) is 2.46. The van der Waals surface area contributed by atoms with Gasteiger partial charge < -0.3 is 5.32 Å². The van der Waals surface area contributed by atoms with Gasteiger partial charge in [0.1, 0.15) is 0 Å². The van der Waals surface area contributed by atoms with Crippen LogP contribution in [-0.4, -0.2) is 4.98 Å². The fourth-order valence-electron chi connectivity index (χ4n) is 1.63. The van der Waals surface area contributed by atoms with Crippen molar-refractivity contribution in [3.63, 3.8) is 0 Å². The summed E-state index contributed by atoms with van der Waals surface area (Å²) in [5.74, 6) is 0. The molecule has 90 valence electrons. The van der Waals surface area contributed by atoms with Crippen LogP contribution < -0.4 is 5.32 Å². The Morgan fingerprint density at radius 1 is 1.17 bits per heavy atom. The Bertz CT molecular complexity index is 678. The maximum absolute atomic E-state index is 4.56. The smallest absolute Gasteiger partial charge is 0.188 e. The van der Waals surface area contributed by atoms with Crippen LogP contribution in [0.25, 0.3) is 10.2 Å². The highest BCUT2D eigenvalue weighted by Crippen LogP contribution is 2.31. The van der Waals surface area contributed by atoms with Crippen LogP contribution in [0, 0.1) is 3.57 Å². The number of nitrogens with one attached hydrogen (secondary N) is 1. The van der Waals surface area contributed by atoms with E-state index in [1.807, 2.05) is 24.3 Å². The highest BCUT2D eigenvalue weighted by molar-refractivity contribution is 14.1. The van der Waals surface area contributed by atoms with Crippen LogP contribution in [0.4, 0.5) is 10.8 Å². The lowest BCUT2D eigenvalue weighted by atomic mass is 10.3. The molecule has 0 unspecified atom stereocenters. The van der Waals surface area contributed by atoms with Crippen molar-refractivity contribution in [1.82, 2.24) is 4.98 Å². The molecular weight excluding hydrogens is 423 g/mol. The topological polar surface area (TPSA) is 24.9 Å². The second-order valence-electron chi connectivity index (χ2n) is 3.74. The van der Waals surface area contributed by atoms with Crippen molar-refractivity contribution in [2.24, 2.45) is 0 Å². The van der Waals surface area contributed by atoms with E-state index in [0.29, 0.717) is 0 Å². The van der Waals surface area contributed by atoms with Crippen molar-refractivity contribution in [1.29, 1.82) is 0 Å². The molecule has 0 amide bonds. The van der Waals surface area contributed by atoms with Gasteiger partial charge in [-0.3, -0.25) is 0 Å². The van der Waals surface area contributed by atoms with Gasteiger partial charge in [-0.05, 0) is 68.9 Å². The van der Waals surface area contributed by atoms with E-state index in [0.717, 1.165) is 20.8 Å². The first-order valence-corrected chi connectivity index (χ1v) is 7.99. The van der Waals surface area contributed by atoms with E-state index in [4.69, 9.17) is 0 Å². The largest absolute Gasteiger partial charge is 0.331 e. The maximum atomic E-state index is 4.56. The average molecular weight is 431 g/mol. The predicted molar refractivity (Wildman–Crippen MR) is 89.8 cm³/mol. The van der Waals surface area contributed by atoms with Crippen LogP contribution in [-0.2, 0) is 0 Å². The minimum Gasteiger partial charge on any atom is -0.331 e. The highest BCUT2D eigenvalue weighted by Gasteiger charge is 2.06. The summed E-state index contributed by atoms with van der Waals surface area (Å²) in [5.41, 5.74) is 2.08. The highest BCUT2D eigenvalue weighted by atomic mass is 127. The lowest BCUT2D eigenvalue weighted by molar-refractivity contribution is 1.43. The van der Waals surface area contributed by atoms with Gasteiger partial charge >= 0.3 is 0 Å². The van der Waals surface area contributed by atoms with Gasteiger partial charge in [0, 0.05) is 8.04 Å². The summed E-state index contributed by atoms with van der Waals surface area (Å²) in [5, 5.41) is 4.27. The zero-order chi connectivity index (χ0) is 12.5. The van der Waals surface area contributed by atoms with Gasteiger partial charge in [0.05, 0.1) is 15.9 Å². The van der Waals surface area contributed by atoms with Gasteiger partial charge in [-0.2, -0.15) is 0 Å². The predicted octanol–water partition coefficient (Wildman–Crippen LogP) is 5.41. The van der Waals surface area contributed by atoms with Crippen LogP contribution >= 0.6 is 49.9 Å². The summed E-state index contributed by atoms with van der Waals surface area (Å²) in [4.78, 5) is 4.56. The molecule has 1 N–H and O–H groups in total. The molecule has 18 heavy (non-hydrogen) atoms. The standard InChI is InChI=1S/C13H8BrIN2S/c14-9-6-5-8(15)7-11(9)17-13-16-10-3-1-2-4-12(10)18-13/h1-7H,(H,16,17). The van der Waals surface area contributed by atoms with Crippen molar-refractivity contribution in [2.75, 3.05) is 5.32 Å². The van der Waals surface area contributed by atoms with Crippen molar-refractivity contribution in [3.05, 3.63) is 50.5 Å². The molecule has 0 atom stereocenters. The van der Waals surface area contributed by atoms with Gasteiger partial charge in [-0.25, -0.2) is 4.98 Å². The van der Waals surface area contributed by atoms with Gasteiger partial charge in [-0.15, -0.1) is 0 Å². The maximum Gasteiger partial charge on any atom is 0.188 e. The van der Waals surface area contributed by atoms with Gasteiger partial charge in [0.2, 0.25) is 0 Å². The number of aromatic nitrogens is 1. The average Bonchev–Trinajstić information content (AvgIpc) is 2.76. The Hall–Kier alpha value is -0.660. The molecule has 0 bridgehead atoms. The van der Waals surface area contributed by atoms with Gasteiger partial charge in [0.15, 0.2) is 5.13 Å². The van der Waals surface area contributed by atoms with Gasteiger partial charge in [0.25, 0.3) is 0 Å². The molecule has 5 heteroatoms.